The molecule has 0 aliphatic carbocycles. The van der Waals surface area contributed by atoms with Gasteiger partial charge in [0.05, 0.1) is 15.7 Å². The zero-order valence-electron chi connectivity index (χ0n) is 7.02. The Morgan fingerprint density at radius 3 is 3.00 bits per heavy atom. The van der Waals surface area contributed by atoms with Crippen LogP contribution < -0.4 is 0 Å². The van der Waals surface area contributed by atoms with E-state index in [2.05, 4.69) is 15.0 Å². The maximum absolute atomic E-state index is 5.09. The van der Waals surface area contributed by atoms with E-state index in [1.54, 1.807) is 12.4 Å². The van der Waals surface area contributed by atoms with Gasteiger partial charge in [0.1, 0.15) is 5.52 Å². The van der Waals surface area contributed by atoms with Crippen molar-refractivity contribution in [2.24, 2.45) is 0 Å². The van der Waals surface area contributed by atoms with Gasteiger partial charge in [-0.05, 0) is 24.4 Å². The van der Waals surface area contributed by atoms with Gasteiger partial charge in [0.25, 0.3) is 0 Å². The molecule has 1 aromatic carbocycles. The van der Waals surface area contributed by atoms with Gasteiger partial charge in [0, 0.05) is 12.4 Å². The lowest BCUT2D eigenvalue weighted by molar-refractivity contribution is 1.30. The smallest absolute Gasteiger partial charge is 0.159 e. The van der Waals surface area contributed by atoms with Crippen molar-refractivity contribution < 1.29 is 0 Å². The molecular weight excluding hydrogens is 214 g/mol. The van der Waals surface area contributed by atoms with Crippen LogP contribution in [0, 0.1) is 3.95 Å². The summed E-state index contributed by atoms with van der Waals surface area (Å²) < 4.78 is 1.86. The van der Waals surface area contributed by atoms with Crippen LogP contribution in [0.15, 0.2) is 24.5 Å². The van der Waals surface area contributed by atoms with Crippen molar-refractivity contribution in [2.45, 2.75) is 0 Å². The molecule has 2 aromatic heterocycles. The first-order chi connectivity index (χ1) is 6.84. The molecule has 1 N–H and O–H groups in total. The average molecular weight is 219 g/mol. The highest BCUT2D eigenvalue weighted by Crippen LogP contribution is 2.25. The van der Waals surface area contributed by atoms with Crippen molar-refractivity contribution in [2.75, 3.05) is 0 Å². The molecule has 3 rings (SSSR count). The lowest BCUT2D eigenvalue weighted by Crippen LogP contribution is -1.81. The Bertz CT molecular complexity index is 668. The van der Waals surface area contributed by atoms with E-state index in [0.29, 0.717) is 0 Å². The minimum Gasteiger partial charge on any atom is -0.337 e. The molecule has 0 aliphatic heterocycles. The molecule has 0 fully saturated rings. The molecule has 3 aromatic rings. The summed E-state index contributed by atoms with van der Waals surface area (Å²) >= 11 is 6.63. The van der Waals surface area contributed by atoms with Gasteiger partial charge < -0.3 is 4.98 Å². The molecule has 0 saturated heterocycles. The van der Waals surface area contributed by atoms with Gasteiger partial charge in [-0.2, -0.15) is 0 Å². The van der Waals surface area contributed by atoms with Crippen molar-refractivity contribution in [1.82, 2.24) is 15.0 Å². The minimum atomic E-state index is 0.776. The van der Waals surface area contributed by atoms with Crippen molar-refractivity contribution in [3.8, 4) is 0 Å². The summed E-state index contributed by atoms with van der Waals surface area (Å²) in [5.41, 5.74) is 2.86. The number of hydrogen-bond acceptors (Lipinski definition) is 4. The highest BCUT2D eigenvalue weighted by atomic mass is 32.1. The SMILES string of the molecule is S=c1[nH]c2ccc3nccnc3c2s1. The van der Waals surface area contributed by atoms with Crippen molar-refractivity contribution in [3.63, 3.8) is 0 Å². The summed E-state index contributed by atoms with van der Waals surface area (Å²) in [5.74, 6) is 0. The molecule has 68 valence electrons. The van der Waals surface area contributed by atoms with Crippen molar-refractivity contribution in [1.29, 1.82) is 0 Å². The largest absolute Gasteiger partial charge is 0.337 e. The summed E-state index contributed by atoms with van der Waals surface area (Å²) in [7, 11) is 0. The molecule has 0 spiro atoms. The highest BCUT2D eigenvalue weighted by Gasteiger charge is 2.03. The van der Waals surface area contributed by atoms with Crippen LogP contribution in [0.5, 0.6) is 0 Å². The molecule has 0 unspecified atom stereocenters. The second kappa shape index (κ2) is 2.83. The maximum Gasteiger partial charge on any atom is 0.159 e. The molecule has 3 nitrogen and oxygen atoms in total. The Balaban J connectivity index is 2.66. The van der Waals surface area contributed by atoms with Crippen molar-refractivity contribution >= 4 is 44.8 Å². The summed E-state index contributed by atoms with van der Waals surface area (Å²) in [6.07, 6.45) is 3.39. The normalized spacial score (nSPS) is 11.1. The number of thiazole rings is 1. The molecule has 0 atom stereocenters. The first-order valence-electron chi connectivity index (χ1n) is 4.07. The van der Waals surface area contributed by atoms with Crippen molar-refractivity contribution in [3.05, 3.63) is 28.5 Å². The Morgan fingerprint density at radius 2 is 2.07 bits per heavy atom. The van der Waals surface area contributed by atoms with E-state index in [1.165, 1.54) is 11.3 Å². The van der Waals surface area contributed by atoms with Crippen LogP contribution in [0.3, 0.4) is 0 Å². The number of aromatic amines is 1. The fourth-order valence-corrected chi connectivity index (χ4v) is 2.63. The zero-order chi connectivity index (χ0) is 9.54. The van der Waals surface area contributed by atoms with Crippen LogP contribution >= 0.6 is 23.6 Å². The van der Waals surface area contributed by atoms with Gasteiger partial charge in [0.15, 0.2) is 3.95 Å². The first-order valence-corrected chi connectivity index (χ1v) is 5.29. The quantitative estimate of drug-likeness (QED) is 0.591. The molecule has 2 heterocycles. The van der Waals surface area contributed by atoms with E-state index < -0.39 is 0 Å². The summed E-state index contributed by atoms with van der Waals surface area (Å²) in [6, 6.07) is 3.93. The third-order valence-corrected chi connectivity index (χ3v) is 3.28. The Labute approximate surface area is 88.5 Å². The Morgan fingerprint density at radius 1 is 1.21 bits per heavy atom. The van der Waals surface area contributed by atoms with Crippen LogP contribution in [0.2, 0.25) is 0 Å². The van der Waals surface area contributed by atoms with Crippen LogP contribution in [0.1, 0.15) is 0 Å². The van der Waals surface area contributed by atoms with Gasteiger partial charge in [0.2, 0.25) is 0 Å². The molecular formula is C9H5N3S2. The molecule has 0 saturated carbocycles. The molecule has 0 aliphatic rings. The van der Waals surface area contributed by atoms with Crippen LogP contribution in [-0.4, -0.2) is 15.0 Å². The number of benzene rings is 1. The number of fused-ring (bicyclic) bond motifs is 3. The second-order valence-corrected chi connectivity index (χ2v) is 4.57. The fraction of sp³-hybridized carbons (Fsp3) is 0. The third-order valence-electron chi connectivity index (χ3n) is 2.03. The fourth-order valence-electron chi connectivity index (χ4n) is 1.44. The summed E-state index contributed by atoms with van der Waals surface area (Å²) in [5, 5.41) is 0. The van der Waals surface area contributed by atoms with E-state index in [1.807, 2.05) is 12.1 Å². The van der Waals surface area contributed by atoms with Gasteiger partial charge in [-0.1, -0.05) is 0 Å². The number of nitrogens with one attached hydrogen (secondary N) is 1. The zero-order valence-corrected chi connectivity index (χ0v) is 8.65. The standard InChI is InChI=1S/C9H5N3S2/c13-9-12-6-2-1-5-7(8(6)14-9)11-4-3-10-5/h1-4H,(H,12,13). The van der Waals surface area contributed by atoms with Crippen LogP contribution in [0.4, 0.5) is 0 Å². The van der Waals surface area contributed by atoms with Gasteiger partial charge in [-0.3, -0.25) is 9.97 Å². The molecule has 0 bridgehead atoms. The first kappa shape index (κ1) is 8.02. The number of H-pyrrole nitrogens is 1. The number of nitrogens with zero attached hydrogens (tertiary/aromatic N) is 2. The molecule has 0 amide bonds. The highest BCUT2D eigenvalue weighted by molar-refractivity contribution is 7.73. The van der Waals surface area contributed by atoms with Crippen LogP contribution in [-0.2, 0) is 0 Å². The molecule has 14 heavy (non-hydrogen) atoms. The predicted octanol–water partition coefficient (Wildman–Crippen LogP) is 2.90. The molecule has 5 heteroatoms. The topological polar surface area (TPSA) is 41.6 Å². The van der Waals surface area contributed by atoms with Gasteiger partial charge >= 0.3 is 0 Å². The van der Waals surface area contributed by atoms with E-state index in [4.69, 9.17) is 12.2 Å². The van der Waals surface area contributed by atoms with Crippen LogP contribution in [0.25, 0.3) is 21.3 Å². The minimum absolute atomic E-state index is 0.776. The van der Waals surface area contributed by atoms with E-state index >= 15 is 0 Å². The third kappa shape index (κ3) is 1.06. The Kier molecular flexibility index (Phi) is 1.62. The summed E-state index contributed by atoms with van der Waals surface area (Å²) in [4.78, 5) is 11.7. The maximum atomic E-state index is 5.09. The summed E-state index contributed by atoms with van der Waals surface area (Å²) in [6.45, 7) is 0. The van der Waals surface area contributed by atoms with Gasteiger partial charge in [-0.25, -0.2) is 0 Å². The monoisotopic (exact) mass is 219 g/mol. The molecule has 0 radical (unpaired) electrons. The number of aromatic nitrogens is 3. The lowest BCUT2D eigenvalue weighted by atomic mass is 10.3. The average Bonchev–Trinajstić information content (AvgIpc) is 2.59. The number of hydrogen-bond donors (Lipinski definition) is 1. The van der Waals surface area contributed by atoms with E-state index in [0.717, 1.165) is 25.2 Å². The predicted molar refractivity (Wildman–Crippen MR) is 60.1 cm³/mol. The van der Waals surface area contributed by atoms with E-state index in [9.17, 15) is 0 Å². The lowest BCUT2D eigenvalue weighted by Gasteiger charge is -1.94. The van der Waals surface area contributed by atoms with Gasteiger partial charge in [-0.15, -0.1) is 11.3 Å². The second-order valence-electron chi connectivity index (χ2n) is 2.88. The Hall–Kier alpha value is -1.33. The van der Waals surface area contributed by atoms with E-state index in [-0.39, 0.29) is 0 Å². The number of rotatable bonds is 0.